The number of amides is 1. The quantitative estimate of drug-likeness (QED) is 0.345. The third-order valence-corrected chi connectivity index (χ3v) is 4.51. The zero-order valence-electron chi connectivity index (χ0n) is 17.3. The lowest BCUT2D eigenvalue weighted by Gasteiger charge is -2.05. The number of hydrazone groups is 1. The van der Waals surface area contributed by atoms with Gasteiger partial charge in [-0.15, -0.1) is 5.10 Å². The largest absolute Gasteiger partial charge is 0.504 e. The number of hydrogen-bond donors (Lipinski definition) is 2. The molecule has 0 saturated heterocycles. The summed E-state index contributed by atoms with van der Waals surface area (Å²) in [6.07, 6.45) is 1.45. The van der Waals surface area contributed by atoms with Gasteiger partial charge in [0.05, 0.1) is 18.5 Å². The van der Waals surface area contributed by atoms with E-state index in [0.717, 1.165) is 11.3 Å². The third kappa shape index (κ3) is 4.65. The number of phenolic OH excluding ortho intramolecular Hbond substituents is 1. The first-order valence-electron chi connectivity index (χ1n) is 10.0. The third-order valence-electron chi connectivity index (χ3n) is 4.51. The Balaban J connectivity index is 1.57. The molecule has 0 radical (unpaired) electrons. The predicted molar refractivity (Wildman–Crippen MR) is 121 cm³/mol. The minimum Gasteiger partial charge on any atom is -0.504 e. The van der Waals surface area contributed by atoms with Gasteiger partial charge < -0.3 is 9.84 Å². The molecule has 0 saturated carbocycles. The van der Waals surface area contributed by atoms with Crippen LogP contribution in [0.1, 0.15) is 23.1 Å². The van der Waals surface area contributed by atoms with Crippen molar-refractivity contribution < 1.29 is 14.6 Å². The number of ether oxygens (including phenoxy) is 1. The van der Waals surface area contributed by atoms with Crippen LogP contribution < -0.4 is 10.2 Å². The minimum atomic E-state index is -0.545. The van der Waals surface area contributed by atoms with E-state index in [1.807, 2.05) is 67.6 Å². The van der Waals surface area contributed by atoms with E-state index in [0.29, 0.717) is 23.7 Å². The normalized spacial score (nSPS) is 10.9. The molecule has 0 unspecified atom stereocenters. The molecule has 0 aliphatic carbocycles. The van der Waals surface area contributed by atoms with Crippen LogP contribution in [0.4, 0.5) is 0 Å². The van der Waals surface area contributed by atoms with Crippen LogP contribution in [0, 0.1) is 0 Å². The van der Waals surface area contributed by atoms with E-state index in [9.17, 15) is 9.90 Å². The Labute approximate surface area is 184 Å². The maximum atomic E-state index is 12.7. The Morgan fingerprint density at radius 3 is 2.53 bits per heavy atom. The number of carbonyl (C=O) groups is 1. The van der Waals surface area contributed by atoms with E-state index in [1.54, 1.807) is 16.8 Å². The Morgan fingerprint density at radius 1 is 1.09 bits per heavy atom. The molecule has 4 rings (SSSR count). The molecule has 4 aromatic rings. The topological polar surface area (TPSA) is 102 Å². The van der Waals surface area contributed by atoms with Gasteiger partial charge in [-0.2, -0.15) is 5.10 Å². The molecule has 0 aliphatic rings. The first kappa shape index (κ1) is 20.8. The molecule has 2 N–H and O–H groups in total. The number of phenols is 1. The maximum Gasteiger partial charge on any atom is 0.311 e. The van der Waals surface area contributed by atoms with Crippen LogP contribution >= 0.6 is 0 Å². The zero-order valence-corrected chi connectivity index (χ0v) is 17.3. The Morgan fingerprint density at radius 2 is 1.81 bits per heavy atom. The minimum absolute atomic E-state index is 0.00873. The summed E-state index contributed by atoms with van der Waals surface area (Å²) >= 11 is 0. The number of nitrogens with zero attached hydrogens (tertiary/aromatic N) is 4. The number of benzene rings is 3. The highest BCUT2D eigenvalue weighted by atomic mass is 16.5. The fourth-order valence-electron chi connectivity index (χ4n) is 3.03. The van der Waals surface area contributed by atoms with Crippen LogP contribution in [0.2, 0.25) is 0 Å². The number of hydrogen-bond acceptors (Lipinski definition) is 6. The Hall–Kier alpha value is -4.46. The summed E-state index contributed by atoms with van der Waals surface area (Å²) in [5, 5.41) is 18.2. The van der Waals surface area contributed by atoms with Crippen LogP contribution in [0.15, 0.2) is 84.0 Å². The molecular weight excluding hydrogens is 406 g/mol. The molecule has 1 heterocycles. The maximum absolute atomic E-state index is 12.7. The van der Waals surface area contributed by atoms with Gasteiger partial charge in [-0.25, -0.2) is 15.1 Å². The van der Waals surface area contributed by atoms with Crippen LogP contribution in [-0.4, -0.2) is 38.6 Å². The second kappa shape index (κ2) is 9.57. The Kier molecular flexibility index (Phi) is 6.22. The lowest BCUT2D eigenvalue weighted by Crippen LogP contribution is -2.19. The van der Waals surface area contributed by atoms with Crippen LogP contribution in [0.25, 0.3) is 17.1 Å². The smallest absolute Gasteiger partial charge is 0.311 e. The molecule has 0 bridgehead atoms. The van der Waals surface area contributed by atoms with E-state index in [1.165, 1.54) is 12.3 Å². The summed E-state index contributed by atoms with van der Waals surface area (Å²) in [4.78, 5) is 17.1. The van der Waals surface area contributed by atoms with Crippen molar-refractivity contribution in [3.8, 4) is 28.6 Å². The molecule has 0 fully saturated rings. The average Bonchev–Trinajstić information content (AvgIpc) is 3.28. The highest BCUT2D eigenvalue weighted by Gasteiger charge is 2.18. The summed E-state index contributed by atoms with van der Waals surface area (Å²) in [5.41, 5.74) is 4.72. The number of nitrogens with one attached hydrogen (secondary N) is 1. The van der Waals surface area contributed by atoms with E-state index >= 15 is 0 Å². The Bertz CT molecular complexity index is 1180. The van der Waals surface area contributed by atoms with Crippen molar-refractivity contribution in [1.29, 1.82) is 0 Å². The fraction of sp³-hybridized carbons (Fsp3) is 0.0833. The summed E-state index contributed by atoms with van der Waals surface area (Å²) in [7, 11) is 0. The van der Waals surface area contributed by atoms with Gasteiger partial charge in [0.1, 0.15) is 0 Å². The van der Waals surface area contributed by atoms with Crippen molar-refractivity contribution in [2.24, 2.45) is 5.10 Å². The molecule has 0 atom stereocenters. The number of aromatic nitrogens is 3. The highest BCUT2D eigenvalue weighted by molar-refractivity contribution is 5.92. The van der Waals surface area contributed by atoms with Gasteiger partial charge in [0.2, 0.25) is 5.82 Å². The van der Waals surface area contributed by atoms with Gasteiger partial charge >= 0.3 is 5.91 Å². The molecule has 0 aliphatic heterocycles. The molecule has 3 aromatic carbocycles. The van der Waals surface area contributed by atoms with Gasteiger partial charge in [0, 0.05) is 5.56 Å². The van der Waals surface area contributed by atoms with Crippen LogP contribution in [-0.2, 0) is 0 Å². The lowest BCUT2D eigenvalue weighted by molar-refractivity contribution is 0.0945. The van der Waals surface area contributed by atoms with Crippen molar-refractivity contribution in [2.45, 2.75) is 6.92 Å². The zero-order chi connectivity index (χ0) is 22.3. The molecule has 160 valence electrons. The molecule has 8 nitrogen and oxygen atoms in total. The fourth-order valence-corrected chi connectivity index (χ4v) is 3.03. The van der Waals surface area contributed by atoms with Crippen molar-refractivity contribution in [2.75, 3.05) is 6.61 Å². The lowest BCUT2D eigenvalue weighted by atomic mass is 10.2. The van der Waals surface area contributed by atoms with Gasteiger partial charge in [0.25, 0.3) is 0 Å². The first-order chi connectivity index (χ1) is 15.7. The second-order valence-corrected chi connectivity index (χ2v) is 6.73. The van der Waals surface area contributed by atoms with Crippen LogP contribution in [0.3, 0.4) is 0 Å². The van der Waals surface area contributed by atoms with Gasteiger partial charge in [-0.3, -0.25) is 4.79 Å². The van der Waals surface area contributed by atoms with Gasteiger partial charge in [0.15, 0.2) is 17.3 Å². The first-order valence-corrected chi connectivity index (χ1v) is 10.0. The van der Waals surface area contributed by atoms with E-state index < -0.39 is 5.91 Å². The van der Waals surface area contributed by atoms with Crippen LogP contribution in [0.5, 0.6) is 11.5 Å². The van der Waals surface area contributed by atoms with E-state index in [2.05, 4.69) is 20.6 Å². The predicted octanol–water partition coefficient (Wildman–Crippen LogP) is 3.80. The average molecular weight is 427 g/mol. The highest BCUT2D eigenvalue weighted by Crippen LogP contribution is 2.26. The molecular formula is C24H21N5O3. The van der Waals surface area contributed by atoms with Crippen molar-refractivity contribution in [1.82, 2.24) is 20.2 Å². The molecule has 1 aromatic heterocycles. The monoisotopic (exact) mass is 427 g/mol. The number of rotatable bonds is 7. The standard InChI is InChI=1S/C24H21N5O3/c1-2-32-21-15-17(13-14-20(21)30)16-25-27-24(31)22-26-23(18-9-5-3-6-10-18)29(28-22)19-11-7-4-8-12-19/h3-16,30H,2H2,1H3,(H,27,31). The molecule has 1 amide bonds. The van der Waals surface area contributed by atoms with E-state index in [-0.39, 0.29) is 11.6 Å². The number of aromatic hydroxyl groups is 1. The van der Waals surface area contributed by atoms with E-state index in [4.69, 9.17) is 4.74 Å². The summed E-state index contributed by atoms with van der Waals surface area (Å²) in [6, 6.07) is 23.8. The number of para-hydroxylation sites is 1. The summed E-state index contributed by atoms with van der Waals surface area (Å²) in [6.45, 7) is 2.25. The van der Waals surface area contributed by atoms with Crippen molar-refractivity contribution >= 4 is 12.1 Å². The van der Waals surface area contributed by atoms with Gasteiger partial charge in [-0.05, 0) is 42.8 Å². The van der Waals surface area contributed by atoms with Gasteiger partial charge in [-0.1, -0.05) is 48.5 Å². The SMILES string of the molecule is CCOc1cc(C=NNC(=O)c2nc(-c3ccccc3)n(-c3ccccc3)n2)ccc1O. The summed E-state index contributed by atoms with van der Waals surface area (Å²) in [5.74, 6) is 0.379. The van der Waals surface area contributed by atoms with Crippen molar-refractivity contribution in [3.05, 3.63) is 90.3 Å². The molecule has 0 spiro atoms. The number of carbonyl (C=O) groups excluding carboxylic acids is 1. The summed E-state index contributed by atoms with van der Waals surface area (Å²) < 4.78 is 6.98. The van der Waals surface area contributed by atoms with Crippen molar-refractivity contribution in [3.63, 3.8) is 0 Å². The molecule has 8 heteroatoms. The second-order valence-electron chi connectivity index (χ2n) is 6.73. The molecule has 32 heavy (non-hydrogen) atoms.